The molecule has 0 aliphatic heterocycles. The largest absolute Gasteiger partial charge is 0.379 e. The highest BCUT2D eigenvalue weighted by Crippen LogP contribution is 2.20. The maximum atomic E-state index is 13.3. The predicted octanol–water partition coefficient (Wildman–Crippen LogP) is 4.51. The summed E-state index contributed by atoms with van der Waals surface area (Å²) in [6, 6.07) is 9.48. The zero-order valence-corrected chi connectivity index (χ0v) is 9.84. The minimum Gasteiger partial charge on any atom is -0.379 e. The predicted molar refractivity (Wildman–Crippen MR) is 65.1 cm³/mol. The van der Waals surface area contributed by atoms with Gasteiger partial charge >= 0.3 is 0 Å². The first kappa shape index (κ1) is 13.4. The second-order valence-corrected chi connectivity index (χ2v) is 4.00. The first-order chi connectivity index (χ1) is 9.08. The fraction of sp³-hybridized carbons (Fsp3) is 0.143. The quantitative estimate of drug-likeness (QED) is 0.805. The van der Waals surface area contributed by atoms with E-state index >= 15 is 0 Å². The lowest BCUT2D eigenvalue weighted by atomic mass is 10.1. The maximum Gasteiger partial charge on any atom is 0.263 e. The lowest BCUT2D eigenvalue weighted by Gasteiger charge is -2.08. The number of rotatable bonds is 4. The van der Waals surface area contributed by atoms with Gasteiger partial charge in [-0.1, -0.05) is 30.3 Å². The number of halogens is 4. The van der Waals surface area contributed by atoms with E-state index in [4.69, 9.17) is 0 Å². The van der Waals surface area contributed by atoms with Crippen LogP contribution in [0.3, 0.4) is 0 Å². The Labute approximate surface area is 107 Å². The van der Waals surface area contributed by atoms with Crippen molar-refractivity contribution in [2.45, 2.75) is 13.0 Å². The fourth-order valence-electron chi connectivity index (χ4n) is 1.62. The molecule has 0 bridgehead atoms. The summed E-state index contributed by atoms with van der Waals surface area (Å²) in [5.41, 5.74) is 0.673. The molecule has 1 nitrogen and oxygen atoms in total. The van der Waals surface area contributed by atoms with Crippen LogP contribution in [-0.4, -0.2) is 0 Å². The fourth-order valence-corrected chi connectivity index (χ4v) is 1.62. The molecule has 0 aliphatic rings. The summed E-state index contributed by atoms with van der Waals surface area (Å²) in [5, 5.41) is 2.72. The van der Waals surface area contributed by atoms with Crippen molar-refractivity contribution in [3.63, 3.8) is 0 Å². The molecule has 5 heteroatoms. The van der Waals surface area contributed by atoms with E-state index in [2.05, 4.69) is 5.32 Å². The van der Waals surface area contributed by atoms with Crippen molar-refractivity contribution in [2.75, 3.05) is 5.32 Å². The summed E-state index contributed by atoms with van der Waals surface area (Å²) in [4.78, 5) is 0. The second kappa shape index (κ2) is 5.73. The van der Waals surface area contributed by atoms with Gasteiger partial charge in [-0.3, -0.25) is 0 Å². The van der Waals surface area contributed by atoms with Gasteiger partial charge in [0.15, 0.2) is 11.6 Å². The van der Waals surface area contributed by atoms with Crippen LogP contribution < -0.4 is 5.32 Å². The molecule has 2 aromatic carbocycles. The SMILES string of the molecule is Fc1cccc(NCc2ccc(C(F)F)cc2)c1F. The van der Waals surface area contributed by atoms with Crippen LogP contribution in [0.5, 0.6) is 0 Å². The highest BCUT2D eigenvalue weighted by atomic mass is 19.3. The van der Waals surface area contributed by atoms with Crippen molar-refractivity contribution in [3.8, 4) is 0 Å². The minimum absolute atomic E-state index is 0.0398. The van der Waals surface area contributed by atoms with E-state index < -0.39 is 18.1 Å². The maximum absolute atomic E-state index is 13.3. The average Bonchev–Trinajstić information content (AvgIpc) is 2.41. The first-order valence-corrected chi connectivity index (χ1v) is 5.63. The van der Waals surface area contributed by atoms with Crippen LogP contribution in [0.4, 0.5) is 23.2 Å². The van der Waals surface area contributed by atoms with Gasteiger partial charge in [-0.05, 0) is 17.7 Å². The molecule has 0 aliphatic carbocycles. The molecule has 2 rings (SSSR count). The van der Waals surface area contributed by atoms with Crippen LogP contribution in [0.1, 0.15) is 17.6 Å². The Morgan fingerprint density at radius 1 is 0.947 bits per heavy atom. The summed E-state index contributed by atoms with van der Waals surface area (Å²) in [6.07, 6.45) is -2.51. The zero-order valence-electron chi connectivity index (χ0n) is 9.84. The number of anilines is 1. The molecule has 0 radical (unpaired) electrons. The smallest absolute Gasteiger partial charge is 0.263 e. The van der Waals surface area contributed by atoms with Crippen molar-refractivity contribution < 1.29 is 17.6 Å². The Kier molecular flexibility index (Phi) is 4.04. The van der Waals surface area contributed by atoms with Crippen molar-refractivity contribution in [2.24, 2.45) is 0 Å². The highest BCUT2D eigenvalue weighted by molar-refractivity contribution is 5.45. The molecule has 0 spiro atoms. The highest BCUT2D eigenvalue weighted by Gasteiger charge is 2.08. The molecule has 0 amide bonds. The van der Waals surface area contributed by atoms with Gasteiger partial charge < -0.3 is 5.32 Å². The van der Waals surface area contributed by atoms with Crippen LogP contribution in [0.15, 0.2) is 42.5 Å². The Morgan fingerprint density at radius 3 is 2.26 bits per heavy atom. The Morgan fingerprint density at radius 2 is 1.63 bits per heavy atom. The van der Waals surface area contributed by atoms with Gasteiger partial charge in [0.2, 0.25) is 0 Å². The topological polar surface area (TPSA) is 12.0 Å². The van der Waals surface area contributed by atoms with Crippen LogP contribution >= 0.6 is 0 Å². The van der Waals surface area contributed by atoms with E-state index in [0.717, 1.165) is 6.07 Å². The van der Waals surface area contributed by atoms with Crippen molar-refractivity contribution in [1.29, 1.82) is 0 Å². The van der Waals surface area contributed by atoms with Crippen LogP contribution in [-0.2, 0) is 6.54 Å². The van der Waals surface area contributed by atoms with Gasteiger partial charge in [-0.25, -0.2) is 17.6 Å². The molecule has 0 unspecified atom stereocenters. The molecule has 0 saturated heterocycles. The molecule has 100 valence electrons. The third-order valence-corrected chi connectivity index (χ3v) is 2.67. The normalized spacial score (nSPS) is 10.8. The molecule has 1 N–H and O–H groups in total. The van der Waals surface area contributed by atoms with E-state index in [1.165, 1.54) is 36.4 Å². The molecule has 2 aromatic rings. The number of benzene rings is 2. The molecule has 0 heterocycles. The summed E-state index contributed by atoms with van der Waals surface area (Å²) in [6.45, 7) is 0.226. The van der Waals surface area contributed by atoms with Crippen LogP contribution in [0, 0.1) is 11.6 Å². The van der Waals surface area contributed by atoms with Gasteiger partial charge in [0.1, 0.15) is 0 Å². The number of nitrogens with one attached hydrogen (secondary N) is 1. The second-order valence-electron chi connectivity index (χ2n) is 4.00. The zero-order chi connectivity index (χ0) is 13.8. The average molecular weight is 269 g/mol. The van der Waals surface area contributed by atoms with E-state index in [1.807, 2.05) is 0 Å². The Hall–Kier alpha value is -2.04. The number of hydrogen-bond acceptors (Lipinski definition) is 1. The minimum atomic E-state index is -2.51. The van der Waals surface area contributed by atoms with Crippen molar-refractivity contribution >= 4 is 5.69 Å². The molecule has 0 atom stereocenters. The van der Waals surface area contributed by atoms with E-state index in [9.17, 15) is 17.6 Å². The third kappa shape index (κ3) is 3.24. The van der Waals surface area contributed by atoms with Gasteiger partial charge in [0, 0.05) is 12.1 Å². The first-order valence-electron chi connectivity index (χ1n) is 5.63. The van der Waals surface area contributed by atoms with Crippen molar-refractivity contribution in [1.82, 2.24) is 0 Å². The standard InChI is InChI=1S/C14H11F4N/c15-11-2-1-3-12(13(11)16)19-8-9-4-6-10(7-5-9)14(17)18/h1-7,14,19H,8H2. The summed E-state index contributed by atoms with van der Waals surface area (Å²) < 4.78 is 51.0. The monoisotopic (exact) mass is 269 g/mol. The van der Waals surface area contributed by atoms with E-state index in [1.54, 1.807) is 0 Å². The van der Waals surface area contributed by atoms with E-state index in [0.29, 0.717) is 5.56 Å². The number of alkyl halides is 2. The molecule has 0 aromatic heterocycles. The van der Waals surface area contributed by atoms with Gasteiger partial charge in [-0.2, -0.15) is 0 Å². The van der Waals surface area contributed by atoms with Crippen LogP contribution in [0.2, 0.25) is 0 Å². The summed E-state index contributed by atoms with van der Waals surface area (Å²) in [7, 11) is 0. The lowest BCUT2D eigenvalue weighted by molar-refractivity contribution is 0.151. The van der Waals surface area contributed by atoms with Gasteiger partial charge in [-0.15, -0.1) is 0 Å². The summed E-state index contributed by atoms with van der Waals surface area (Å²) in [5.74, 6) is -1.88. The molecule has 0 fully saturated rings. The van der Waals surface area contributed by atoms with Gasteiger partial charge in [0.25, 0.3) is 6.43 Å². The Bertz CT molecular complexity index is 552. The molecular formula is C14H11F4N. The Balaban J connectivity index is 2.04. The van der Waals surface area contributed by atoms with Crippen LogP contribution in [0.25, 0.3) is 0 Å². The summed E-state index contributed by atoms with van der Waals surface area (Å²) >= 11 is 0. The molecule has 0 saturated carbocycles. The number of hydrogen-bond donors (Lipinski definition) is 1. The third-order valence-electron chi connectivity index (χ3n) is 2.67. The van der Waals surface area contributed by atoms with E-state index in [-0.39, 0.29) is 17.8 Å². The lowest BCUT2D eigenvalue weighted by Crippen LogP contribution is -2.02. The van der Waals surface area contributed by atoms with Gasteiger partial charge in [0.05, 0.1) is 5.69 Å². The molecule has 19 heavy (non-hydrogen) atoms. The molecular weight excluding hydrogens is 258 g/mol. The van der Waals surface area contributed by atoms with Crippen molar-refractivity contribution in [3.05, 3.63) is 65.2 Å².